The van der Waals surface area contributed by atoms with Gasteiger partial charge in [0.25, 0.3) is 5.91 Å². The van der Waals surface area contributed by atoms with E-state index < -0.39 is 15.7 Å². The molecular formula is C23H17ClFNO5S. The number of carbonyl (C=O) groups excluding carboxylic acids is 1. The van der Waals surface area contributed by atoms with Gasteiger partial charge in [0.05, 0.1) is 17.7 Å². The first kappa shape index (κ1) is 21.9. The first-order valence-corrected chi connectivity index (χ1v) is 11.4. The number of furan rings is 2. The lowest BCUT2D eigenvalue weighted by Gasteiger charge is -2.20. The van der Waals surface area contributed by atoms with Crippen molar-refractivity contribution in [3.63, 3.8) is 0 Å². The average Bonchev–Trinajstić information content (AvgIpc) is 3.47. The summed E-state index contributed by atoms with van der Waals surface area (Å²) in [6.45, 7) is 0.253. The molecule has 164 valence electrons. The zero-order valence-corrected chi connectivity index (χ0v) is 18.1. The molecule has 6 nitrogen and oxygen atoms in total. The van der Waals surface area contributed by atoms with Gasteiger partial charge in [-0.15, -0.1) is 0 Å². The Balaban J connectivity index is 1.61. The van der Waals surface area contributed by atoms with Gasteiger partial charge < -0.3 is 13.7 Å². The van der Waals surface area contributed by atoms with Crippen LogP contribution in [0.5, 0.6) is 0 Å². The molecule has 0 aliphatic carbocycles. The van der Waals surface area contributed by atoms with Crippen molar-refractivity contribution in [3.05, 3.63) is 107 Å². The molecule has 32 heavy (non-hydrogen) atoms. The zero-order chi connectivity index (χ0) is 22.7. The van der Waals surface area contributed by atoms with Crippen molar-refractivity contribution in [3.8, 4) is 0 Å². The Labute approximate surface area is 188 Å². The Morgan fingerprint density at radius 2 is 1.66 bits per heavy atom. The second-order valence-corrected chi connectivity index (χ2v) is 9.26. The minimum Gasteiger partial charge on any atom is -0.467 e. The van der Waals surface area contributed by atoms with E-state index in [4.69, 9.17) is 20.4 Å². The third-order valence-electron chi connectivity index (χ3n) is 4.68. The standard InChI is InChI=1S/C23H17ClFNO5S/c24-17-5-9-20(10-6-17)32(28,29)22-12-11-21(31-22)23(27)26(15-19-2-1-13-30-19)14-16-3-7-18(25)8-4-16/h1-13H,14-15H2. The molecule has 0 bridgehead atoms. The van der Waals surface area contributed by atoms with Crippen LogP contribution in [-0.4, -0.2) is 19.2 Å². The van der Waals surface area contributed by atoms with Crippen LogP contribution in [0.2, 0.25) is 5.02 Å². The van der Waals surface area contributed by atoms with E-state index in [0.29, 0.717) is 16.3 Å². The Hall–Kier alpha value is -3.36. The summed E-state index contributed by atoms with van der Waals surface area (Å²) in [7, 11) is -3.96. The van der Waals surface area contributed by atoms with E-state index in [-0.39, 0.29) is 34.7 Å². The van der Waals surface area contributed by atoms with Gasteiger partial charge in [-0.3, -0.25) is 4.79 Å². The molecule has 1 amide bonds. The monoisotopic (exact) mass is 473 g/mol. The van der Waals surface area contributed by atoms with E-state index in [0.717, 1.165) is 0 Å². The van der Waals surface area contributed by atoms with Gasteiger partial charge >= 0.3 is 0 Å². The number of rotatable bonds is 7. The van der Waals surface area contributed by atoms with Crippen molar-refractivity contribution in [1.82, 2.24) is 4.90 Å². The van der Waals surface area contributed by atoms with Crippen LogP contribution in [0.3, 0.4) is 0 Å². The summed E-state index contributed by atoms with van der Waals surface area (Å²) in [5.41, 5.74) is 0.687. The molecule has 0 aliphatic rings. The molecule has 4 rings (SSSR count). The lowest BCUT2D eigenvalue weighted by molar-refractivity contribution is 0.0679. The van der Waals surface area contributed by atoms with Crippen molar-refractivity contribution < 1.29 is 26.4 Å². The van der Waals surface area contributed by atoms with Crippen LogP contribution in [0.1, 0.15) is 21.9 Å². The minimum atomic E-state index is -3.96. The maximum absolute atomic E-state index is 13.3. The molecule has 0 fully saturated rings. The molecule has 0 radical (unpaired) electrons. The van der Waals surface area contributed by atoms with Gasteiger partial charge in [0.1, 0.15) is 11.6 Å². The van der Waals surface area contributed by atoms with Gasteiger partial charge in [-0.1, -0.05) is 23.7 Å². The van der Waals surface area contributed by atoms with Crippen LogP contribution in [0.15, 0.2) is 97.9 Å². The van der Waals surface area contributed by atoms with Gasteiger partial charge in [0, 0.05) is 11.6 Å². The molecule has 0 spiro atoms. The third kappa shape index (κ3) is 4.76. The van der Waals surface area contributed by atoms with E-state index >= 15 is 0 Å². The van der Waals surface area contributed by atoms with Crippen molar-refractivity contribution in [2.75, 3.05) is 0 Å². The highest BCUT2D eigenvalue weighted by Gasteiger charge is 2.26. The number of benzene rings is 2. The van der Waals surface area contributed by atoms with Crippen LogP contribution in [0.4, 0.5) is 4.39 Å². The molecule has 4 aromatic rings. The van der Waals surface area contributed by atoms with Crippen molar-refractivity contribution >= 4 is 27.3 Å². The van der Waals surface area contributed by atoms with Crippen LogP contribution in [-0.2, 0) is 22.9 Å². The van der Waals surface area contributed by atoms with Crippen LogP contribution in [0, 0.1) is 5.82 Å². The number of halogens is 2. The zero-order valence-electron chi connectivity index (χ0n) is 16.6. The first-order chi connectivity index (χ1) is 15.3. The van der Waals surface area contributed by atoms with Gasteiger partial charge in [-0.05, 0) is 66.2 Å². The smallest absolute Gasteiger partial charge is 0.290 e. The van der Waals surface area contributed by atoms with Crippen LogP contribution >= 0.6 is 11.6 Å². The summed E-state index contributed by atoms with van der Waals surface area (Å²) in [4.78, 5) is 14.6. The Morgan fingerprint density at radius 3 is 2.31 bits per heavy atom. The summed E-state index contributed by atoms with van der Waals surface area (Å²) in [6.07, 6.45) is 1.49. The van der Waals surface area contributed by atoms with E-state index in [2.05, 4.69) is 0 Å². The average molecular weight is 474 g/mol. The van der Waals surface area contributed by atoms with Gasteiger partial charge in [0.2, 0.25) is 14.9 Å². The maximum Gasteiger partial charge on any atom is 0.290 e. The fourth-order valence-electron chi connectivity index (χ4n) is 3.07. The third-order valence-corrected chi connectivity index (χ3v) is 6.58. The van der Waals surface area contributed by atoms with E-state index in [1.165, 1.54) is 59.7 Å². The van der Waals surface area contributed by atoms with Gasteiger partial charge in [-0.2, -0.15) is 0 Å². The summed E-state index contributed by atoms with van der Waals surface area (Å²) in [6, 6.07) is 17.3. The number of amides is 1. The fraction of sp³-hybridized carbons (Fsp3) is 0.0870. The Bertz CT molecular complexity index is 1310. The molecule has 0 atom stereocenters. The second-order valence-electron chi connectivity index (χ2n) is 6.94. The number of nitrogens with zero attached hydrogens (tertiary/aromatic N) is 1. The number of carbonyl (C=O) groups is 1. The summed E-state index contributed by atoms with van der Waals surface area (Å²) < 4.78 is 49.7. The Kier molecular flexibility index (Phi) is 6.16. The number of hydrogen-bond acceptors (Lipinski definition) is 5. The lowest BCUT2D eigenvalue weighted by atomic mass is 10.2. The first-order valence-electron chi connectivity index (χ1n) is 9.49. The van der Waals surface area contributed by atoms with Crippen LogP contribution < -0.4 is 0 Å². The molecule has 9 heteroatoms. The predicted octanol–water partition coefficient (Wildman–Crippen LogP) is 5.34. The van der Waals surface area contributed by atoms with Gasteiger partial charge in [-0.25, -0.2) is 12.8 Å². The molecule has 0 unspecified atom stereocenters. The molecule has 0 saturated carbocycles. The summed E-state index contributed by atoms with van der Waals surface area (Å²) >= 11 is 5.82. The SMILES string of the molecule is O=C(c1ccc(S(=O)(=O)c2ccc(Cl)cc2)o1)N(Cc1ccc(F)cc1)Cc1ccco1. The quantitative estimate of drug-likeness (QED) is 0.362. The number of sulfone groups is 1. The predicted molar refractivity (Wildman–Crippen MR) is 114 cm³/mol. The highest BCUT2D eigenvalue weighted by atomic mass is 35.5. The molecule has 0 N–H and O–H groups in total. The minimum absolute atomic E-state index is 0.00555. The van der Waals surface area contributed by atoms with E-state index in [1.807, 2.05) is 0 Å². The van der Waals surface area contributed by atoms with E-state index in [9.17, 15) is 17.6 Å². The molecule has 0 saturated heterocycles. The Morgan fingerprint density at radius 1 is 0.938 bits per heavy atom. The number of hydrogen-bond donors (Lipinski definition) is 0. The molecule has 2 heterocycles. The normalized spacial score (nSPS) is 11.4. The lowest BCUT2D eigenvalue weighted by Crippen LogP contribution is -2.29. The maximum atomic E-state index is 13.3. The van der Waals surface area contributed by atoms with Crippen molar-refractivity contribution in [2.45, 2.75) is 23.1 Å². The van der Waals surface area contributed by atoms with Crippen LogP contribution in [0.25, 0.3) is 0 Å². The molecule has 2 aromatic carbocycles. The summed E-state index contributed by atoms with van der Waals surface area (Å²) in [5, 5.41) is 0.0385. The molecular weight excluding hydrogens is 457 g/mol. The van der Waals surface area contributed by atoms with Crippen molar-refractivity contribution in [1.29, 1.82) is 0 Å². The second kappa shape index (κ2) is 9.02. The highest BCUT2D eigenvalue weighted by Crippen LogP contribution is 2.25. The summed E-state index contributed by atoms with van der Waals surface area (Å²) in [5.74, 6) is -0.545. The van der Waals surface area contributed by atoms with E-state index in [1.54, 1.807) is 24.3 Å². The highest BCUT2D eigenvalue weighted by molar-refractivity contribution is 7.91. The largest absolute Gasteiger partial charge is 0.467 e. The fourth-order valence-corrected chi connectivity index (χ4v) is 4.36. The molecule has 0 aliphatic heterocycles. The molecule has 2 aromatic heterocycles. The topological polar surface area (TPSA) is 80.7 Å². The van der Waals surface area contributed by atoms with Gasteiger partial charge in [0.15, 0.2) is 5.76 Å². The van der Waals surface area contributed by atoms with Crippen molar-refractivity contribution in [2.24, 2.45) is 0 Å².